The Morgan fingerprint density at radius 1 is 1.06 bits per heavy atom. The van der Waals surface area contributed by atoms with Crippen LogP contribution in [0.4, 0.5) is 15.8 Å². The number of anilines is 2. The number of hydrogen-bond acceptors (Lipinski definition) is 6. The minimum atomic E-state index is -0.630. The first-order valence-electron chi connectivity index (χ1n) is 10.7. The van der Waals surface area contributed by atoms with Crippen LogP contribution in [0.3, 0.4) is 0 Å². The topological polar surface area (TPSA) is 121 Å². The van der Waals surface area contributed by atoms with Crippen molar-refractivity contribution in [3.8, 4) is 23.3 Å². The Balaban J connectivity index is 1.76. The van der Waals surface area contributed by atoms with Crippen molar-refractivity contribution in [1.29, 1.82) is 5.26 Å². The van der Waals surface area contributed by atoms with Gasteiger partial charge in [-0.2, -0.15) is 5.26 Å². The van der Waals surface area contributed by atoms with Gasteiger partial charge in [0.2, 0.25) is 0 Å². The molecule has 0 fully saturated rings. The number of aromatic hydroxyl groups is 1. The van der Waals surface area contributed by atoms with E-state index in [1.165, 1.54) is 54.6 Å². The number of benzene rings is 3. The monoisotopic (exact) mass is 553 g/mol. The molecule has 184 valence electrons. The van der Waals surface area contributed by atoms with E-state index in [0.717, 1.165) is 0 Å². The summed E-state index contributed by atoms with van der Waals surface area (Å²) in [6, 6.07) is 16.2. The third-order valence-corrected chi connectivity index (χ3v) is 5.20. The highest BCUT2D eigenvalue weighted by atomic mass is 79.9. The summed E-state index contributed by atoms with van der Waals surface area (Å²) in [4.78, 5) is 24.8. The van der Waals surface area contributed by atoms with Crippen molar-refractivity contribution in [2.24, 2.45) is 0 Å². The predicted molar refractivity (Wildman–Crippen MR) is 136 cm³/mol. The van der Waals surface area contributed by atoms with Gasteiger partial charge < -0.3 is 25.2 Å². The Kier molecular flexibility index (Phi) is 9.02. The van der Waals surface area contributed by atoms with Gasteiger partial charge in [0.25, 0.3) is 11.8 Å². The molecule has 3 aromatic rings. The predicted octanol–water partition coefficient (Wildman–Crippen LogP) is 5.26. The van der Waals surface area contributed by atoms with Crippen LogP contribution in [0.5, 0.6) is 17.2 Å². The first-order valence-corrected chi connectivity index (χ1v) is 11.4. The van der Waals surface area contributed by atoms with E-state index in [0.29, 0.717) is 33.8 Å². The molecule has 0 unspecified atom stereocenters. The van der Waals surface area contributed by atoms with E-state index in [1.54, 1.807) is 19.1 Å². The molecule has 0 aromatic heterocycles. The van der Waals surface area contributed by atoms with Crippen molar-refractivity contribution in [2.75, 3.05) is 23.8 Å². The first kappa shape index (κ1) is 26.2. The van der Waals surface area contributed by atoms with Crippen molar-refractivity contribution in [2.45, 2.75) is 6.92 Å². The standard InChI is InChI=1S/C26H21BrFN3O5/c1-2-35-23-13-16(11-17(14-29)26(34)31-20-7-9-21(32)10-8-20)12-22(27)25(23)36-15-24(33)30-19-5-3-18(28)4-6-19/h3-13,32H,2,15H2,1H3,(H,30,33)(H,31,34)/b17-11+. The molecular weight excluding hydrogens is 533 g/mol. The lowest BCUT2D eigenvalue weighted by Gasteiger charge is -2.15. The Morgan fingerprint density at radius 2 is 1.69 bits per heavy atom. The Morgan fingerprint density at radius 3 is 2.33 bits per heavy atom. The lowest BCUT2D eigenvalue weighted by Crippen LogP contribution is -2.20. The number of halogens is 2. The van der Waals surface area contributed by atoms with Crippen LogP contribution in [0.25, 0.3) is 6.08 Å². The molecular formula is C26H21BrFN3O5. The van der Waals surface area contributed by atoms with Crippen molar-refractivity contribution in [3.63, 3.8) is 0 Å². The highest BCUT2D eigenvalue weighted by Crippen LogP contribution is 2.37. The molecule has 0 spiro atoms. The molecule has 36 heavy (non-hydrogen) atoms. The van der Waals surface area contributed by atoms with Crippen LogP contribution < -0.4 is 20.1 Å². The highest BCUT2D eigenvalue weighted by Gasteiger charge is 2.16. The highest BCUT2D eigenvalue weighted by molar-refractivity contribution is 9.10. The molecule has 0 atom stereocenters. The Labute approximate surface area is 215 Å². The minimum Gasteiger partial charge on any atom is -0.508 e. The lowest BCUT2D eigenvalue weighted by molar-refractivity contribution is -0.118. The average molecular weight is 554 g/mol. The Bertz CT molecular complexity index is 1320. The zero-order valence-corrected chi connectivity index (χ0v) is 20.6. The number of nitrogens with zero attached hydrogens (tertiary/aromatic N) is 1. The summed E-state index contributed by atoms with van der Waals surface area (Å²) in [5.41, 5.74) is 1.15. The van der Waals surface area contributed by atoms with Crippen molar-refractivity contribution < 1.29 is 28.6 Å². The third-order valence-electron chi connectivity index (χ3n) is 4.61. The molecule has 8 nitrogen and oxygen atoms in total. The second kappa shape index (κ2) is 12.4. The van der Waals surface area contributed by atoms with Crippen LogP contribution in [0.1, 0.15) is 12.5 Å². The molecule has 0 aliphatic rings. The summed E-state index contributed by atoms with van der Waals surface area (Å²) in [5, 5.41) is 24.1. The molecule has 0 heterocycles. The van der Waals surface area contributed by atoms with Crippen LogP contribution in [-0.4, -0.2) is 30.1 Å². The molecule has 10 heteroatoms. The van der Waals surface area contributed by atoms with Crippen molar-refractivity contribution in [1.82, 2.24) is 0 Å². The molecule has 0 saturated heterocycles. The summed E-state index contributed by atoms with van der Waals surface area (Å²) in [6.07, 6.45) is 1.38. The molecule has 0 bridgehead atoms. The Hall–Kier alpha value is -4.36. The number of hydrogen-bond donors (Lipinski definition) is 3. The normalized spacial score (nSPS) is 10.8. The summed E-state index contributed by atoms with van der Waals surface area (Å²) < 4.78 is 24.8. The van der Waals surface area contributed by atoms with E-state index in [-0.39, 0.29) is 23.7 Å². The van der Waals surface area contributed by atoms with Gasteiger partial charge in [-0.3, -0.25) is 9.59 Å². The van der Waals surface area contributed by atoms with E-state index < -0.39 is 17.6 Å². The molecule has 3 rings (SSSR count). The SMILES string of the molecule is CCOc1cc(/C=C(\C#N)C(=O)Nc2ccc(O)cc2)cc(Br)c1OCC(=O)Nc1ccc(F)cc1. The van der Waals surface area contributed by atoms with Gasteiger partial charge in [0.1, 0.15) is 23.2 Å². The van der Waals surface area contributed by atoms with Crippen LogP contribution in [-0.2, 0) is 9.59 Å². The smallest absolute Gasteiger partial charge is 0.266 e. The van der Waals surface area contributed by atoms with E-state index in [2.05, 4.69) is 26.6 Å². The number of carbonyl (C=O) groups excluding carboxylic acids is 2. The maximum atomic E-state index is 13.0. The maximum absolute atomic E-state index is 13.0. The number of amides is 2. The van der Waals surface area contributed by atoms with Gasteiger partial charge in [-0.05, 0) is 95.2 Å². The molecule has 0 saturated carbocycles. The van der Waals surface area contributed by atoms with Crippen LogP contribution >= 0.6 is 15.9 Å². The van der Waals surface area contributed by atoms with Gasteiger partial charge >= 0.3 is 0 Å². The largest absolute Gasteiger partial charge is 0.508 e. The molecule has 2 amide bonds. The van der Waals surface area contributed by atoms with Crippen molar-refractivity contribution >= 4 is 45.2 Å². The van der Waals surface area contributed by atoms with E-state index in [9.17, 15) is 24.3 Å². The molecule has 0 aliphatic heterocycles. The van der Waals surface area contributed by atoms with Gasteiger partial charge in [-0.1, -0.05) is 0 Å². The minimum absolute atomic E-state index is 0.0487. The van der Waals surface area contributed by atoms with Gasteiger partial charge in [-0.25, -0.2) is 4.39 Å². The van der Waals surface area contributed by atoms with Crippen molar-refractivity contribution in [3.05, 3.63) is 82.1 Å². The third kappa shape index (κ3) is 7.32. The summed E-state index contributed by atoms with van der Waals surface area (Å²) >= 11 is 3.39. The van der Waals surface area contributed by atoms with Gasteiger partial charge in [0.05, 0.1) is 11.1 Å². The number of phenolic OH excluding ortho intramolecular Hbond substituents is 1. The van der Waals surface area contributed by atoms with Gasteiger partial charge in [0, 0.05) is 11.4 Å². The number of carbonyl (C=O) groups is 2. The van der Waals surface area contributed by atoms with Gasteiger partial charge in [0.15, 0.2) is 18.1 Å². The fraction of sp³-hybridized carbons (Fsp3) is 0.115. The number of nitrogens with one attached hydrogen (secondary N) is 2. The lowest BCUT2D eigenvalue weighted by atomic mass is 10.1. The fourth-order valence-corrected chi connectivity index (χ4v) is 3.57. The molecule has 0 radical (unpaired) electrons. The number of phenols is 1. The van der Waals surface area contributed by atoms with Crippen LogP contribution in [0.2, 0.25) is 0 Å². The quantitative estimate of drug-likeness (QED) is 0.189. The fourth-order valence-electron chi connectivity index (χ4n) is 3.00. The zero-order valence-electron chi connectivity index (χ0n) is 19.0. The average Bonchev–Trinajstić information content (AvgIpc) is 2.85. The number of ether oxygens (including phenoxy) is 2. The van der Waals surface area contributed by atoms with Crippen LogP contribution in [0, 0.1) is 17.1 Å². The number of nitriles is 1. The molecule has 3 N–H and O–H groups in total. The number of rotatable bonds is 9. The van der Waals surface area contributed by atoms with Gasteiger partial charge in [-0.15, -0.1) is 0 Å². The second-order valence-electron chi connectivity index (χ2n) is 7.28. The summed E-state index contributed by atoms with van der Waals surface area (Å²) in [5.74, 6) is -0.902. The molecule has 3 aromatic carbocycles. The summed E-state index contributed by atoms with van der Waals surface area (Å²) in [7, 11) is 0. The zero-order chi connectivity index (χ0) is 26.1. The summed E-state index contributed by atoms with van der Waals surface area (Å²) in [6.45, 7) is 1.72. The maximum Gasteiger partial charge on any atom is 0.266 e. The molecule has 0 aliphatic carbocycles. The second-order valence-corrected chi connectivity index (χ2v) is 8.13. The first-order chi connectivity index (χ1) is 17.3. The van der Waals surface area contributed by atoms with E-state index in [1.807, 2.05) is 6.07 Å². The van der Waals surface area contributed by atoms with E-state index in [4.69, 9.17) is 9.47 Å². The van der Waals surface area contributed by atoms with Crippen LogP contribution in [0.15, 0.2) is 70.7 Å². The van der Waals surface area contributed by atoms with E-state index >= 15 is 0 Å².